The maximum atomic E-state index is 12.8. The van der Waals surface area contributed by atoms with Crippen molar-refractivity contribution in [1.29, 1.82) is 0 Å². The maximum Gasteiger partial charge on any atom is 0.197 e. The number of carbonyl (C=O) groups is 3. The highest BCUT2D eigenvalue weighted by Crippen LogP contribution is 2.35. The molecule has 1 heterocycles. The third-order valence-electron chi connectivity index (χ3n) is 11.7. The number of hydrogen-bond donors (Lipinski definition) is 0. The van der Waals surface area contributed by atoms with Gasteiger partial charge in [0.2, 0.25) is 0 Å². The lowest BCUT2D eigenvalue weighted by atomic mass is 9.99. The lowest BCUT2D eigenvalue weighted by molar-refractivity contribution is 0.103. The topological polar surface area (TPSA) is 82.8 Å². The van der Waals surface area contributed by atoms with Gasteiger partial charge in [-0.05, 0) is 176 Å². The summed E-state index contributed by atoms with van der Waals surface area (Å²) in [5, 5.41) is 0.903. The smallest absolute Gasteiger partial charge is 0.197 e. The molecule has 2 aliphatic rings. The predicted molar refractivity (Wildman–Crippen MR) is 266 cm³/mol. The molecule has 0 fully saturated rings. The van der Waals surface area contributed by atoms with E-state index in [1.54, 1.807) is 74.9 Å². The van der Waals surface area contributed by atoms with E-state index in [1.807, 2.05) is 67.6 Å². The molecule has 0 unspecified atom stereocenters. The number of benzene rings is 6. The Balaban J connectivity index is 0.000000145. The van der Waals surface area contributed by atoms with Crippen molar-refractivity contribution >= 4 is 55.4 Å². The van der Waals surface area contributed by atoms with E-state index in [2.05, 4.69) is 79.2 Å². The van der Waals surface area contributed by atoms with Gasteiger partial charge < -0.3 is 13.9 Å². The van der Waals surface area contributed by atoms with Gasteiger partial charge in [-0.1, -0.05) is 101 Å². The summed E-state index contributed by atoms with van der Waals surface area (Å²) in [6.45, 7) is 8.19. The first-order valence-corrected chi connectivity index (χ1v) is 22.4. The Morgan fingerprint density at radius 2 is 1.06 bits per heavy atom. The fourth-order valence-electron chi connectivity index (χ4n) is 8.10. The molecule has 326 valence electrons. The second-order valence-electron chi connectivity index (χ2n) is 16.0. The van der Waals surface area contributed by atoms with Crippen LogP contribution < -0.4 is 9.47 Å². The largest absolute Gasteiger partial charge is 0.497 e. The van der Waals surface area contributed by atoms with E-state index in [-0.39, 0.29) is 17.3 Å². The number of carbonyl (C=O) groups excluding carboxylic acids is 3. The maximum absolute atomic E-state index is 12.8. The number of ether oxygens (including phenoxy) is 2. The van der Waals surface area contributed by atoms with E-state index in [1.165, 1.54) is 39.0 Å². The van der Waals surface area contributed by atoms with Gasteiger partial charge in [-0.3, -0.25) is 14.4 Å². The molecule has 0 saturated heterocycles. The van der Waals surface area contributed by atoms with Crippen LogP contribution in [0.2, 0.25) is 0 Å². The van der Waals surface area contributed by atoms with Crippen LogP contribution in [0.1, 0.15) is 91.0 Å². The SMILES string of the molecule is CCc1ccc2oc(C)c(C(=O)c3ccc(Br)cc3)c2c1.COc1ccc(C(=O)/C=C/C2=C(C)Cc3ccccc32)cc1.COc1ccc(C(=O)/C=C/C2=C(C)Cc3ccccc32)cc1. The van der Waals surface area contributed by atoms with Crippen molar-refractivity contribution in [3.8, 4) is 11.5 Å². The number of halogens is 1. The molecular formula is C58H51BrO6. The zero-order chi connectivity index (χ0) is 46.0. The van der Waals surface area contributed by atoms with Crippen molar-refractivity contribution < 1.29 is 28.3 Å². The number of fused-ring (bicyclic) bond motifs is 3. The molecule has 0 spiro atoms. The lowest BCUT2D eigenvalue weighted by Gasteiger charge is -2.02. The summed E-state index contributed by atoms with van der Waals surface area (Å²) in [5.74, 6) is 2.20. The monoisotopic (exact) mass is 922 g/mol. The van der Waals surface area contributed by atoms with Crippen LogP contribution in [0.4, 0.5) is 0 Å². The van der Waals surface area contributed by atoms with Gasteiger partial charge in [0, 0.05) is 26.5 Å². The molecule has 65 heavy (non-hydrogen) atoms. The van der Waals surface area contributed by atoms with Gasteiger partial charge in [-0.25, -0.2) is 0 Å². The number of allylic oxidation sites excluding steroid dienone is 8. The van der Waals surface area contributed by atoms with Crippen LogP contribution in [0.5, 0.6) is 11.5 Å². The van der Waals surface area contributed by atoms with Crippen molar-refractivity contribution in [2.45, 2.75) is 47.0 Å². The number of methoxy groups -OCH3 is 2. The number of furan rings is 1. The normalized spacial score (nSPS) is 12.7. The van der Waals surface area contributed by atoms with Crippen LogP contribution >= 0.6 is 15.9 Å². The molecule has 6 nitrogen and oxygen atoms in total. The predicted octanol–water partition coefficient (Wildman–Crippen LogP) is 14.2. The Morgan fingerprint density at radius 3 is 1.52 bits per heavy atom. The Hall–Kier alpha value is -7.09. The molecule has 9 rings (SSSR count). The van der Waals surface area contributed by atoms with Gasteiger partial charge in [-0.15, -0.1) is 0 Å². The first-order valence-electron chi connectivity index (χ1n) is 21.6. The van der Waals surface area contributed by atoms with E-state index in [0.29, 0.717) is 28.0 Å². The Morgan fingerprint density at radius 1 is 0.600 bits per heavy atom. The zero-order valence-corrected chi connectivity index (χ0v) is 39.1. The molecule has 7 aromatic rings. The van der Waals surface area contributed by atoms with Crippen molar-refractivity contribution in [2.24, 2.45) is 0 Å². The van der Waals surface area contributed by atoms with Crippen LogP contribution in [0, 0.1) is 6.92 Å². The van der Waals surface area contributed by atoms with E-state index in [4.69, 9.17) is 13.9 Å². The molecule has 6 aromatic carbocycles. The first-order chi connectivity index (χ1) is 31.5. The summed E-state index contributed by atoms with van der Waals surface area (Å²) in [7, 11) is 3.23. The average molecular weight is 924 g/mol. The van der Waals surface area contributed by atoms with Gasteiger partial charge in [0.1, 0.15) is 22.8 Å². The van der Waals surface area contributed by atoms with Gasteiger partial charge in [0.05, 0.1) is 19.8 Å². The summed E-state index contributed by atoms with van der Waals surface area (Å²) >= 11 is 3.39. The molecule has 0 saturated carbocycles. The summed E-state index contributed by atoms with van der Waals surface area (Å²) in [6.07, 6.45) is 10.1. The fourth-order valence-corrected chi connectivity index (χ4v) is 8.36. The van der Waals surface area contributed by atoms with E-state index in [9.17, 15) is 14.4 Å². The van der Waals surface area contributed by atoms with Crippen LogP contribution in [-0.4, -0.2) is 31.6 Å². The van der Waals surface area contributed by atoms with Crippen molar-refractivity contribution in [2.75, 3.05) is 14.2 Å². The lowest BCUT2D eigenvalue weighted by Crippen LogP contribution is -2.02. The van der Waals surface area contributed by atoms with E-state index in [0.717, 1.165) is 57.3 Å². The molecule has 0 N–H and O–H groups in total. The highest BCUT2D eigenvalue weighted by molar-refractivity contribution is 9.10. The van der Waals surface area contributed by atoms with Crippen molar-refractivity contribution in [3.63, 3.8) is 0 Å². The third kappa shape index (κ3) is 10.8. The van der Waals surface area contributed by atoms with Crippen LogP contribution in [0.15, 0.2) is 184 Å². The summed E-state index contributed by atoms with van der Waals surface area (Å²) in [6, 6.07) is 44.5. The third-order valence-corrected chi connectivity index (χ3v) is 12.2. The van der Waals surface area contributed by atoms with Gasteiger partial charge >= 0.3 is 0 Å². The highest BCUT2D eigenvalue weighted by atomic mass is 79.9. The number of aryl methyl sites for hydroxylation is 2. The molecule has 2 aliphatic carbocycles. The molecule has 0 bridgehead atoms. The van der Waals surface area contributed by atoms with Gasteiger partial charge in [-0.2, -0.15) is 0 Å². The van der Waals surface area contributed by atoms with Crippen molar-refractivity contribution in [3.05, 3.63) is 235 Å². The Bertz CT molecular complexity index is 2860. The molecular weight excluding hydrogens is 873 g/mol. The zero-order valence-electron chi connectivity index (χ0n) is 37.5. The van der Waals surface area contributed by atoms with Crippen LogP contribution in [0.25, 0.3) is 22.1 Å². The standard InChI is InChI=1S/2C20H18O2.C18H15BrO2/c2*1-14-13-16-5-3-4-6-19(16)18(14)11-12-20(21)15-7-9-17(22-2)10-8-15;1-3-12-4-9-16-15(10-12)17(11(2)21-16)18(20)13-5-7-14(19)8-6-13/h2*3-12H,13H2,1-2H3;4-10H,3H2,1-2H3/b2*12-11+;. The Labute approximate surface area is 389 Å². The highest BCUT2D eigenvalue weighted by Gasteiger charge is 2.21. The molecule has 1 aromatic heterocycles. The summed E-state index contributed by atoms with van der Waals surface area (Å²) in [5.41, 5.74) is 14.7. The fraction of sp³-hybridized carbons (Fsp3) is 0.155. The summed E-state index contributed by atoms with van der Waals surface area (Å²) in [4.78, 5) is 37.3. The minimum Gasteiger partial charge on any atom is -0.497 e. The van der Waals surface area contributed by atoms with Gasteiger partial charge in [0.15, 0.2) is 17.3 Å². The second-order valence-corrected chi connectivity index (χ2v) is 16.9. The number of ketones is 3. The number of rotatable bonds is 11. The molecule has 0 amide bonds. The molecule has 0 aliphatic heterocycles. The quantitative estimate of drug-likeness (QED) is 0.0949. The second kappa shape index (κ2) is 21.1. The summed E-state index contributed by atoms with van der Waals surface area (Å²) < 4.78 is 16.9. The number of hydrogen-bond acceptors (Lipinski definition) is 6. The molecule has 0 atom stereocenters. The first kappa shape index (κ1) is 45.9. The van der Waals surface area contributed by atoms with Crippen molar-refractivity contribution in [1.82, 2.24) is 0 Å². The van der Waals surface area contributed by atoms with Crippen LogP contribution in [0.3, 0.4) is 0 Å². The van der Waals surface area contributed by atoms with E-state index >= 15 is 0 Å². The Kier molecular flexibility index (Phi) is 14.9. The molecule has 0 radical (unpaired) electrons. The van der Waals surface area contributed by atoms with E-state index < -0.39 is 0 Å². The minimum atomic E-state index is 0.00648. The minimum absolute atomic E-state index is 0.00648. The van der Waals surface area contributed by atoms with Gasteiger partial charge in [0.25, 0.3) is 0 Å². The molecule has 7 heteroatoms. The average Bonchev–Trinajstić information content (AvgIpc) is 3.97. The van der Waals surface area contributed by atoms with Crippen LogP contribution in [-0.2, 0) is 19.3 Å².